The van der Waals surface area contributed by atoms with E-state index in [9.17, 15) is 0 Å². The number of hydrogen-bond acceptors (Lipinski definition) is 2. The van der Waals surface area contributed by atoms with E-state index in [-0.39, 0.29) is 16.4 Å². The summed E-state index contributed by atoms with van der Waals surface area (Å²) in [5.41, 5.74) is 0. The van der Waals surface area contributed by atoms with Crippen LogP contribution in [0.2, 0.25) is 0 Å². The lowest BCUT2D eigenvalue weighted by Crippen LogP contribution is -0.674. The molecule has 4 heteroatoms. The van der Waals surface area contributed by atoms with Gasteiger partial charge in [-0.2, -0.15) is 0 Å². The first kappa shape index (κ1) is 48.3. The summed E-state index contributed by atoms with van der Waals surface area (Å²) in [6, 6.07) is 0. The summed E-state index contributed by atoms with van der Waals surface area (Å²) in [6.07, 6.45) is 0. The molecule has 0 aliphatic heterocycles. The van der Waals surface area contributed by atoms with Crippen molar-refractivity contribution >= 4 is 11.0 Å². The summed E-state index contributed by atoms with van der Waals surface area (Å²) in [7, 11) is 0. The van der Waals surface area contributed by atoms with Crippen LogP contribution in [-0.4, -0.2) is 16.4 Å². The molecule has 4 radical (unpaired) electrons. The SMILES string of the molecule is O.O=O.[Si]. The van der Waals surface area contributed by atoms with Gasteiger partial charge < -0.3 is 5.48 Å². The Morgan fingerprint density at radius 3 is 1.00 bits per heavy atom. The first-order valence-electron chi connectivity index (χ1n) is 0.167. The molecule has 0 saturated carbocycles. The van der Waals surface area contributed by atoms with Crippen LogP contribution in [0.5, 0.6) is 0 Å². The maximum atomic E-state index is 7.00. The predicted molar refractivity (Wildman–Crippen MR) is 16.1 cm³/mol. The molecular formula is H2O3Si. The summed E-state index contributed by atoms with van der Waals surface area (Å²) in [4.78, 5) is 14.0. The molecule has 3 nitrogen and oxygen atoms in total. The highest BCUT2D eigenvalue weighted by molar-refractivity contribution is 5.75. The standard InChI is InChI=1S/O2.H2O.Si/c1-2;;/h;1H2;. The van der Waals surface area contributed by atoms with Crippen molar-refractivity contribution in [2.24, 2.45) is 0 Å². The Balaban J connectivity index is -0.00000000500. The Kier molecular flexibility index (Phi) is 2120. The molecule has 0 atom stereocenters. The van der Waals surface area contributed by atoms with E-state index in [0.717, 1.165) is 0 Å². The van der Waals surface area contributed by atoms with Crippen LogP contribution in [0.4, 0.5) is 0 Å². The molecule has 0 aromatic heterocycles. The fraction of sp³-hybridized carbons (Fsp3) is 0. The van der Waals surface area contributed by atoms with Crippen LogP contribution in [0, 0.1) is 9.93 Å². The van der Waals surface area contributed by atoms with Gasteiger partial charge in [-0.3, -0.25) is 0 Å². The van der Waals surface area contributed by atoms with Gasteiger partial charge in [-0.15, -0.1) is 0 Å². The third kappa shape index (κ3) is 21.5. The summed E-state index contributed by atoms with van der Waals surface area (Å²) in [6.45, 7) is 0. The van der Waals surface area contributed by atoms with Crippen LogP contribution in [0.15, 0.2) is 0 Å². The zero-order valence-corrected chi connectivity index (χ0v) is 2.82. The van der Waals surface area contributed by atoms with E-state index in [1.165, 1.54) is 0 Å². The predicted octanol–water partition coefficient (Wildman–Crippen LogP) is -1.14. The van der Waals surface area contributed by atoms with Crippen LogP contribution < -0.4 is 0 Å². The molecule has 0 bridgehead atoms. The second-order valence-corrected chi connectivity index (χ2v) is 0. The van der Waals surface area contributed by atoms with Crippen LogP contribution in [-0.2, 0) is 0 Å². The monoisotopic (exact) mass is 78.0 g/mol. The van der Waals surface area contributed by atoms with Gasteiger partial charge in [-0.05, 0) is 0 Å². The highest BCUT2D eigenvalue weighted by Crippen LogP contribution is 0.741. The zero-order chi connectivity index (χ0) is 2.00. The maximum absolute atomic E-state index is 7.00. The average molecular weight is 78.1 g/mol. The normalized spacial score (nSPS) is 1.00. The van der Waals surface area contributed by atoms with E-state index in [0.29, 0.717) is 0 Å². The van der Waals surface area contributed by atoms with Crippen LogP contribution in [0.25, 0.3) is 0 Å². The molecule has 0 saturated heterocycles. The van der Waals surface area contributed by atoms with Gasteiger partial charge in [-0.25, -0.2) is 0 Å². The van der Waals surface area contributed by atoms with E-state index in [4.69, 9.17) is 9.93 Å². The van der Waals surface area contributed by atoms with Crippen molar-refractivity contribution in [1.82, 2.24) is 0 Å². The number of rotatable bonds is 0. The molecule has 0 aliphatic carbocycles. The molecule has 0 amide bonds. The lowest BCUT2D eigenvalue weighted by Gasteiger charge is -0.707. The van der Waals surface area contributed by atoms with Gasteiger partial charge in [0.05, 0.1) is 0 Å². The lowest BCUT2D eigenvalue weighted by molar-refractivity contribution is 0.824. The first-order valence-corrected chi connectivity index (χ1v) is 0.167. The van der Waals surface area contributed by atoms with Crippen LogP contribution in [0.3, 0.4) is 0 Å². The summed E-state index contributed by atoms with van der Waals surface area (Å²) in [5.74, 6) is 0. The average Bonchev–Trinajstić information content (AvgIpc) is 1.00. The van der Waals surface area contributed by atoms with Crippen molar-refractivity contribution in [2.75, 3.05) is 0 Å². The first-order chi connectivity index (χ1) is 1.00. The summed E-state index contributed by atoms with van der Waals surface area (Å²) < 4.78 is 0. The van der Waals surface area contributed by atoms with Crippen molar-refractivity contribution in [3.05, 3.63) is 9.93 Å². The molecular weight excluding hydrogens is 76.1 g/mol. The van der Waals surface area contributed by atoms with Crippen LogP contribution in [0.1, 0.15) is 0 Å². The lowest BCUT2D eigenvalue weighted by atomic mass is 15.3. The molecule has 4 heavy (non-hydrogen) atoms. The minimum Gasteiger partial charge on any atom is -0.412 e. The van der Waals surface area contributed by atoms with Crippen molar-refractivity contribution in [2.45, 2.75) is 0 Å². The van der Waals surface area contributed by atoms with E-state index < -0.39 is 0 Å². The minimum absolute atomic E-state index is 0. The Labute approximate surface area is 27.6 Å². The van der Waals surface area contributed by atoms with Gasteiger partial charge in [0.15, 0.2) is 0 Å². The molecule has 0 heterocycles. The minimum atomic E-state index is 0. The molecule has 0 aliphatic rings. The zero-order valence-electron chi connectivity index (χ0n) is 1.82. The Morgan fingerprint density at radius 1 is 1.00 bits per heavy atom. The molecule has 0 fully saturated rings. The summed E-state index contributed by atoms with van der Waals surface area (Å²) >= 11 is 0. The molecule has 0 spiro atoms. The maximum Gasteiger partial charge on any atom is 0 e. The highest BCUT2D eigenvalue weighted by atomic mass is 28.1. The fourth-order valence-corrected chi connectivity index (χ4v) is 0. The highest BCUT2D eigenvalue weighted by Gasteiger charge is 0.707. The van der Waals surface area contributed by atoms with Crippen molar-refractivity contribution in [3.8, 4) is 0 Å². The molecule has 0 unspecified atom stereocenters. The van der Waals surface area contributed by atoms with E-state index >= 15 is 0 Å². The third-order valence-electron chi connectivity index (χ3n) is 0. The van der Waals surface area contributed by atoms with Gasteiger partial charge in [0.25, 0.3) is 0 Å². The smallest absolute Gasteiger partial charge is 0 e. The second kappa shape index (κ2) is 176. The van der Waals surface area contributed by atoms with Crippen LogP contribution >= 0.6 is 0 Å². The summed E-state index contributed by atoms with van der Waals surface area (Å²) in [5, 5.41) is 0. The van der Waals surface area contributed by atoms with Gasteiger partial charge >= 0.3 is 0 Å². The largest absolute Gasteiger partial charge is 0.412 e. The molecule has 24 valence electrons. The molecule has 2 N–H and O–H groups in total. The second-order valence-electron chi connectivity index (χ2n) is 0. The quantitative estimate of drug-likeness (QED) is 0.344. The van der Waals surface area contributed by atoms with E-state index in [1.54, 1.807) is 0 Å². The van der Waals surface area contributed by atoms with Gasteiger partial charge in [0.2, 0.25) is 0 Å². The molecule has 0 aromatic rings. The van der Waals surface area contributed by atoms with Gasteiger partial charge in [0.1, 0.15) is 0 Å². The van der Waals surface area contributed by atoms with E-state index in [2.05, 4.69) is 0 Å². The van der Waals surface area contributed by atoms with E-state index in [1.807, 2.05) is 0 Å². The van der Waals surface area contributed by atoms with Crippen molar-refractivity contribution < 1.29 is 5.48 Å². The Hall–Kier alpha value is -0.223. The Morgan fingerprint density at radius 2 is 1.00 bits per heavy atom. The Bertz CT molecular complexity index is 3.25. The van der Waals surface area contributed by atoms with Gasteiger partial charge in [-0.1, -0.05) is 0 Å². The molecule has 0 aromatic carbocycles. The number of hydrogen-bond donors (Lipinski definition) is 0. The fourth-order valence-electron chi connectivity index (χ4n) is 0. The van der Waals surface area contributed by atoms with Gasteiger partial charge in [0, 0.05) is 20.9 Å². The van der Waals surface area contributed by atoms with Crippen molar-refractivity contribution in [3.63, 3.8) is 0 Å². The topological polar surface area (TPSA) is 65.6 Å². The third-order valence-corrected chi connectivity index (χ3v) is 0. The van der Waals surface area contributed by atoms with Crippen molar-refractivity contribution in [1.29, 1.82) is 0 Å². The molecule has 0 rings (SSSR count).